The van der Waals surface area contributed by atoms with Gasteiger partial charge in [-0.1, -0.05) is 20.3 Å². The molecule has 1 saturated heterocycles. The van der Waals surface area contributed by atoms with E-state index in [0.717, 1.165) is 38.3 Å². The number of rotatable bonds is 10. The number of guanidine groups is 1. The Morgan fingerprint density at radius 3 is 2.48 bits per heavy atom. The molecule has 0 radical (unpaired) electrons. The van der Waals surface area contributed by atoms with Crippen LogP contribution in [-0.4, -0.2) is 61.3 Å². The summed E-state index contributed by atoms with van der Waals surface area (Å²) in [7, 11) is 0. The Morgan fingerprint density at radius 1 is 1.17 bits per heavy atom. The zero-order valence-corrected chi connectivity index (χ0v) is 15.5. The van der Waals surface area contributed by atoms with Gasteiger partial charge >= 0.3 is 0 Å². The molecule has 0 amide bonds. The molecule has 0 aromatic rings. The van der Waals surface area contributed by atoms with Crippen molar-refractivity contribution in [3.8, 4) is 0 Å². The number of likely N-dealkylation sites (tertiary alicyclic amines) is 1. The first kappa shape index (κ1) is 20.2. The lowest BCUT2D eigenvalue weighted by molar-refractivity contribution is 0.206. The monoisotopic (exact) mass is 326 g/mol. The topological polar surface area (TPSA) is 59.9 Å². The quantitative estimate of drug-likeness (QED) is 0.425. The molecule has 0 saturated carbocycles. The highest BCUT2D eigenvalue weighted by atomic mass is 16.3. The molecule has 1 heterocycles. The van der Waals surface area contributed by atoms with Gasteiger partial charge in [0, 0.05) is 38.8 Å². The third kappa shape index (κ3) is 8.56. The fourth-order valence-corrected chi connectivity index (χ4v) is 3.27. The summed E-state index contributed by atoms with van der Waals surface area (Å²) >= 11 is 0. The summed E-state index contributed by atoms with van der Waals surface area (Å²) in [5, 5.41) is 16.2. The minimum Gasteiger partial charge on any atom is -0.396 e. The third-order valence-electron chi connectivity index (χ3n) is 4.55. The van der Waals surface area contributed by atoms with E-state index in [2.05, 4.69) is 36.3 Å². The molecular weight excluding hydrogens is 288 g/mol. The van der Waals surface area contributed by atoms with Crippen molar-refractivity contribution in [1.29, 1.82) is 0 Å². The van der Waals surface area contributed by atoms with E-state index in [1.807, 2.05) is 0 Å². The second kappa shape index (κ2) is 12.6. The fraction of sp³-hybridized carbons (Fsp3) is 0.944. The molecule has 1 rings (SSSR count). The maximum atomic E-state index is 9.18. The van der Waals surface area contributed by atoms with Crippen molar-refractivity contribution in [3.05, 3.63) is 0 Å². The third-order valence-corrected chi connectivity index (χ3v) is 4.55. The first-order chi connectivity index (χ1) is 11.2. The van der Waals surface area contributed by atoms with Gasteiger partial charge in [-0.2, -0.15) is 0 Å². The highest BCUT2D eigenvalue weighted by Gasteiger charge is 2.19. The molecule has 0 spiro atoms. The van der Waals surface area contributed by atoms with E-state index in [1.165, 1.54) is 38.9 Å². The average Bonchev–Trinajstić information content (AvgIpc) is 2.55. The van der Waals surface area contributed by atoms with Crippen LogP contribution < -0.4 is 10.6 Å². The van der Waals surface area contributed by atoms with E-state index in [-0.39, 0.29) is 6.61 Å². The number of aliphatic hydroxyl groups excluding tert-OH is 1. The van der Waals surface area contributed by atoms with Crippen LogP contribution in [0.4, 0.5) is 0 Å². The zero-order valence-electron chi connectivity index (χ0n) is 15.5. The minimum absolute atomic E-state index is 0.264. The van der Waals surface area contributed by atoms with Crippen molar-refractivity contribution in [1.82, 2.24) is 15.5 Å². The normalized spacial score (nSPS) is 18.9. The minimum atomic E-state index is 0.264. The molecule has 5 heteroatoms. The Bertz CT molecular complexity index is 308. The smallest absolute Gasteiger partial charge is 0.191 e. The molecule has 0 bridgehead atoms. The second-order valence-electron chi connectivity index (χ2n) is 6.65. The number of hydrogen-bond acceptors (Lipinski definition) is 3. The lowest BCUT2D eigenvalue weighted by Gasteiger charge is -2.33. The number of aliphatic hydroxyl groups is 1. The summed E-state index contributed by atoms with van der Waals surface area (Å²) in [6.45, 7) is 12.1. The number of piperidine rings is 1. The van der Waals surface area contributed by atoms with Crippen molar-refractivity contribution < 1.29 is 5.11 Å². The van der Waals surface area contributed by atoms with Gasteiger partial charge in [0.05, 0.1) is 0 Å². The number of aliphatic imine (C=N–C) groups is 1. The van der Waals surface area contributed by atoms with Gasteiger partial charge in [-0.25, -0.2) is 0 Å². The van der Waals surface area contributed by atoms with Crippen LogP contribution in [0.25, 0.3) is 0 Å². The first-order valence-corrected chi connectivity index (χ1v) is 9.61. The van der Waals surface area contributed by atoms with Gasteiger partial charge in [0.15, 0.2) is 5.96 Å². The van der Waals surface area contributed by atoms with Crippen molar-refractivity contribution in [3.63, 3.8) is 0 Å². The molecule has 1 atom stereocenters. The lowest BCUT2D eigenvalue weighted by atomic mass is 10.0. The molecule has 0 aliphatic carbocycles. The van der Waals surface area contributed by atoms with Gasteiger partial charge < -0.3 is 20.6 Å². The Labute approximate surface area is 142 Å². The average molecular weight is 327 g/mol. The van der Waals surface area contributed by atoms with E-state index in [0.29, 0.717) is 12.0 Å². The van der Waals surface area contributed by atoms with Crippen molar-refractivity contribution in [2.45, 2.75) is 65.3 Å². The number of nitrogens with one attached hydrogen (secondary N) is 2. The summed E-state index contributed by atoms with van der Waals surface area (Å²) in [5.74, 6) is 1.44. The van der Waals surface area contributed by atoms with Crippen molar-refractivity contribution in [2.24, 2.45) is 10.9 Å². The standard InChI is InChI=1S/C18H38N4O/c1-4-7-16(10-14-23)15-20-18(19-6-3)21-17-8-12-22(11-5-2)13-9-17/h16-17,23H,4-15H2,1-3H3,(H2,19,20,21). The number of nitrogens with zero attached hydrogens (tertiary/aromatic N) is 2. The van der Waals surface area contributed by atoms with E-state index in [4.69, 9.17) is 4.99 Å². The van der Waals surface area contributed by atoms with Crippen LogP contribution >= 0.6 is 0 Å². The summed E-state index contributed by atoms with van der Waals surface area (Å²) in [4.78, 5) is 7.33. The summed E-state index contributed by atoms with van der Waals surface area (Å²) < 4.78 is 0. The van der Waals surface area contributed by atoms with Crippen LogP contribution in [0.15, 0.2) is 4.99 Å². The van der Waals surface area contributed by atoms with Gasteiger partial charge in [0.1, 0.15) is 0 Å². The van der Waals surface area contributed by atoms with Gasteiger partial charge in [0.25, 0.3) is 0 Å². The lowest BCUT2D eigenvalue weighted by Crippen LogP contribution is -2.48. The zero-order chi connectivity index (χ0) is 16.9. The predicted molar refractivity (Wildman–Crippen MR) is 99.0 cm³/mol. The molecule has 0 aromatic heterocycles. The highest BCUT2D eigenvalue weighted by molar-refractivity contribution is 5.80. The molecule has 23 heavy (non-hydrogen) atoms. The van der Waals surface area contributed by atoms with Crippen LogP contribution in [0.3, 0.4) is 0 Å². The summed E-state index contributed by atoms with van der Waals surface area (Å²) in [6, 6.07) is 0.531. The molecule has 0 aromatic carbocycles. The van der Waals surface area contributed by atoms with E-state index >= 15 is 0 Å². The van der Waals surface area contributed by atoms with E-state index < -0.39 is 0 Å². The Balaban J connectivity index is 2.45. The Kier molecular flexibility index (Phi) is 11.1. The number of hydrogen-bond donors (Lipinski definition) is 3. The van der Waals surface area contributed by atoms with Gasteiger partial charge in [0.2, 0.25) is 0 Å². The van der Waals surface area contributed by atoms with E-state index in [1.54, 1.807) is 0 Å². The molecule has 1 aliphatic rings. The fourth-order valence-electron chi connectivity index (χ4n) is 3.27. The maximum Gasteiger partial charge on any atom is 0.191 e. The predicted octanol–water partition coefficient (Wildman–Crippen LogP) is 2.21. The molecule has 5 nitrogen and oxygen atoms in total. The van der Waals surface area contributed by atoms with Crippen LogP contribution in [0, 0.1) is 5.92 Å². The van der Waals surface area contributed by atoms with Gasteiger partial charge in [-0.3, -0.25) is 4.99 Å². The van der Waals surface area contributed by atoms with Crippen molar-refractivity contribution in [2.75, 3.05) is 39.3 Å². The molecule has 1 unspecified atom stereocenters. The van der Waals surface area contributed by atoms with Crippen LogP contribution in [0.2, 0.25) is 0 Å². The Hall–Kier alpha value is -0.810. The molecule has 136 valence electrons. The van der Waals surface area contributed by atoms with Gasteiger partial charge in [-0.15, -0.1) is 0 Å². The summed E-state index contributed by atoms with van der Waals surface area (Å²) in [5.41, 5.74) is 0. The largest absolute Gasteiger partial charge is 0.396 e. The SMILES string of the molecule is CCCC(CCO)CN=C(NCC)NC1CCN(CCC)CC1. The van der Waals surface area contributed by atoms with Crippen LogP contribution in [0.1, 0.15) is 59.3 Å². The second-order valence-corrected chi connectivity index (χ2v) is 6.65. The molecule has 1 fully saturated rings. The highest BCUT2D eigenvalue weighted by Crippen LogP contribution is 2.12. The first-order valence-electron chi connectivity index (χ1n) is 9.61. The molecule has 1 aliphatic heterocycles. The molecular formula is C18H38N4O. The van der Waals surface area contributed by atoms with Gasteiger partial charge in [-0.05, 0) is 51.5 Å². The summed E-state index contributed by atoms with van der Waals surface area (Å²) in [6.07, 6.45) is 6.77. The van der Waals surface area contributed by atoms with Crippen LogP contribution in [-0.2, 0) is 0 Å². The maximum absolute atomic E-state index is 9.18. The molecule has 3 N–H and O–H groups in total. The van der Waals surface area contributed by atoms with Crippen LogP contribution in [0.5, 0.6) is 0 Å². The van der Waals surface area contributed by atoms with E-state index in [9.17, 15) is 5.11 Å². The van der Waals surface area contributed by atoms with Crippen molar-refractivity contribution >= 4 is 5.96 Å². The Morgan fingerprint density at radius 2 is 1.91 bits per heavy atom.